The molecule has 0 unspecified atom stereocenters. The van der Waals surface area contributed by atoms with Gasteiger partial charge in [0.05, 0.1) is 22.2 Å². The van der Waals surface area contributed by atoms with Crippen LogP contribution >= 0.6 is 15.9 Å². The number of sulfonamides is 1. The molecule has 0 spiro atoms. The highest BCUT2D eigenvalue weighted by molar-refractivity contribution is 9.10. The first-order valence-electron chi connectivity index (χ1n) is 11.0. The summed E-state index contributed by atoms with van der Waals surface area (Å²) in [6, 6.07) is 25.5. The minimum Gasteiger partial charge on any atom is -0.496 e. The van der Waals surface area contributed by atoms with Gasteiger partial charge in [0.15, 0.2) is 0 Å². The molecule has 0 saturated carbocycles. The second-order valence-corrected chi connectivity index (χ2v) is 10.8. The van der Waals surface area contributed by atoms with Gasteiger partial charge < -0.3 is 10.1 Å². The Bertz CT molecular complexity index is 1470. The van der Waals surface area contributed by atoms with E-state index in [1.54, 1.807) is 18.2 Å². The Balaban J connectivity index is 1.58. The van der Waals surface area contributed by atoms with E-state index >= 15 is 0 Å². The fraction of sp³-hybridized carbons (Fsp3) is 0.148. The Kier molecular flexibility index (Phi) is 7.42. The van der Waals surface area contributed by atoms with Gasteiger partial charge in [-0.15, -0.1) is 0 Å². The number of rotatable bonds is 8. The van der Waals surface area contributed by atoms with E-state index in [9.17, 15) is 13.2 Å². The van der Waals surface area contributed by atoms with Crippen LogP contribution in [0.4, 0.5) is 5.69 Å². The second kappa shape index (κ2) is 10.5. The fourth-order valence-electron chi connectivity index (χ4n) is 3.70. The number of halogens is 1. The van der Waals surface area contributed by atoms with Gasteiger partial charge in [-0.3, -0.25) is 9.10 Å². The van der Waals surface area contributed by atoms with Crippen LogP contribution in [0.15, 0.2) is 94.3 Å². The molecule has 0 aliphatic carbocycles. The van der Waals surface area contributed by atoms with Gasteiger partial charge in [0.25, 0.3) is 10.0 Å². The average molecular weight is 553 g/mol. The molecule has 0 aromatic heterocycles. The van der Waals surface area contributed by atoms with Gasteiger partial charge in [0, 0.05) is 6.54 Å². The lowest BCUT2D eigenvalue weighted by atomic mass is 10.1. The molecule has 4 rings (SSSR count). The van der Waals surface area contributed by atoms with Crippen LogP contribution in [0.2, 0.25) is 0 Å². The highest BCUT2D eigenvalue weighted by Gasteiger charge is 2.28. The van der Waals surface area contributed by atoms with Gasteiger partial charge in [0.1, 0.15) is 12.3 Å². The summed E-state index contributed by atoms with van der Waals surface area (Å²) in [7, 11) is -2.53. The Morgan fingerprint density at radius 1 is 0.943 bits per heavy atom. The zero-order valence-electron chi connectivity index (χ0n) is 19.4. The number of anilines is 1. The summed E-state index contributed by atoms with van der Waals surface area (Å²) < 4.78 is 34.1. The first-order valence-corrected chi connectivity index (χ1v) is 13.2. The molecule has 6 nitrogen and oxygen atoms in total. The van der Waals surface area contributed by atoms with Crippen LogP contribution in [0.1, 0.15) is 11.1 Å². The lowest BCUT2D eigenvalue weighted by Crippen LogP contribution is -2.40. The summed E-state index contributed by atoms with van der Waals surface area (Å²) in [5.74, 6) is 0.105. The van der Waals surface area contributed by atoms with Crippen molar-refractivity contribution < 1.29 is 17.9 Å². The van der Waals surface area contributed by atoms with Gasteiger partial charge in [-0.1, -0.05) is 54.1 Å². The van der Waals surface area contributed by atoms with Crippen LogP contribution in [0.5, 0.6) is 5.75 Å². The highest BCUT2D eigenvalue weighted by Crippen LogP contribution is 2.30. The lowest BCUT2D eigenvalue weighted by molar-refractivity contribution is -0.119. The molecule has 0 aliphatic rings. The van der Waals surface area contributed by atoms with Crippen LogP contribution < -0.4 is 14.4 Å². The Morgan fingerprint density at radius 2 is 1.66 bits per heavy atom. The van der Waals surface area contributed by atoms with Crippen LogP contribution in [-0.4, -0.2) is 28.0 Å². The van der Waals surface area contributed by atoms with Crippen molar-refractivity contribution in [3.63, 3.8) is 0 Å². The summed E-state index contributed by atoms with van der Waals surface area (Å²) in [5, 5.41) is 5.05. The van der Waals surface area contributed by atoms with E-state index in [-0.39, 0.29) is 11.4 Å². The monoisotopic (exact) mass is 552 g/mol. The van der Waals surface area contributed by atoms with Gasteiger partial charge in [-0.25, -0.2) is 8.42 Å². The maximum Gasteiger partial charge on any atom is 0.264 e. The van der Waals surface area contributed by atoms with Gasteiger partial charge in [-0.05, 0) is 75.6 Å². The second-order valence-electron chi connectivity index (χ2n) is 8.10. The first kappa shape index (κ1) is 24.8. The first-order chi connectivity index (χ1) is 16.8. The normalized spacial score (nSPS) is 11.3. The number of hydrogen-bond donors (Lipinski definition) is 1. The van der Waals surface area contributed by atoms with E-state index in [0.29, 0.717) is 22.5 Å². The molecule has 0 aliphatic heterocycles. The van der Waals surface area contributed by atoms with E-state index in [1.807, 2.05) is 61.5 Å². The summed E-state index contributed by atoms with van der Waals surface area (Å²) >= 11 is 3.35. The Morgan fingerprint density at radius 3 is 2.34 bits per heavy atom. The van der Waals surface area contributed by atoms with Crippen molar-refractivity contribution in [3.8, 4) is 5.75 Å². The number of nitrogens with zero attached hydrogens (tertiary/aromatic N) is 1. The van der Waals surface area contributed by atoms with Crippen LogP contribution in [-0.2, 0) is 21.4 Å². The van der Waals surface area contributed by atoms with Crippen molar-refractivity contribution in [3.05, 3.63) is 101 Å². The van der Waals surface area contributed by atoms with Crippen molar-refractivity contribution in [2.75, 3.05) is 18.0 Å². The topological polar surface area (TPSA) is 75.7 Å². The number of carbonyl (C=O) groups is 1. The van der Waals surface area contributed by atoms with Crippen LogP contribution in [0.3, 0.4) is 0 Å². The van der Waals surface area contributed by atoms with Gasteiger partial charge >= 0.3 is 0 Å². The summed E-state index contributed by atoms with van der Waals surface area (Å²) in [5.41, 5.74) is 2.32. The molecule has 1 amide bonds. The lowest BCUT2D eigenvalue weighted by Gasteiger charge is -2.24. The van der Waals surface area contributed by atoms with E-state index in [2.05, 4.69) is 21.2 Å². The van der Waals surface area contributed by atoms with Crippen molar-refractivity contribution in [1.29, 1.82) is 0 Å². The molecule has 0 saturated heterocycles. The zero-order valence-corrected chi connectivity index (χ0v) is 21.8. The Hall–Kier alpha value is -3.36. The number of carbonyl (C=O) groups excluding carboxylic acids is 1. The number of nitrogens with one attached hydrogen (secondary N) is 1. The number of hydrogen-bond acceptors (Lipinski definition) is 4. The maximum absolute atomic E-state index is 13.6. The van der Waals surface area contributed by atoms with Crippen LogP contribution in [0, 0.1) is 6.92 Å². The predicted octanol–water partition coefficient (Wildman–Crippen LogP) is 5.43. The third kappa shape index (κ3) is 5.66. The molecule has 0 heterocycles. The maximum atomic E-state index is 13.6. The molecular formula is C27H25BrN2O4S. The quantitative estimate of drug-likeness (QED) is 0.316. The largest absolute Gasteiger partial charge is 0.496 e. The van der Waals surface area contributed by atoms with Gasteiger partial charge in [0.2, 0.25) is 5.91 Å². The molecule has 0 bridgehead atoms. The van der Waals surface area contributed by atoms with E-state index in [0.717, 1.165) is 26.2 Å². The SMILES string of the molecule is COc1ccc(S(=O)(=O)N(CC(=O)NCc2ccc3ccccc3c2)c2ccc(C)cc2)cc1Br. The molecule has 4 aromatic rings. The smallest absolute Gasteiger partial charge is 0.264 e. The fourth-order valence-corrected chi connectivity index (χ4v) is 5.84. The van der Waals surface area contributed by atoms with Crippen LogP contribution in [0.25, 0.3) is 10.8 Å². The molecule has 1 N–H and O–H groups in total. The molecular weight excluding hydrogens is 528 g/mol. The standard InChI is InChI=1S/C27H25BrN2O4S/c1-19-7-11-23(12-8-19)30(35(32,33)24-13-14-26(34-2)25(28)16-24)18-27(31)29-17-20-9-10-21-5-3-4-6-22(21)15-20/h3-16H,17-18H2,1-2H3,(H,29,31). The van der Waals surface area contributed by atoms with Crippen molar-refractivity contribution in [1.82, 2.24) is 5.32 Å². The highest BCUT2D eigenvalue weighted by atomic mass is 79.9. The third-order valence-electron chi connectivity index (χ3n) is 5.62. The minimum absolute atomic E-state index is 0.0491. The number of amides is 1. The van der Waals surface area contributed by atoms with E-state index in [4.69, 9.17) is 4.74 Å². The number of ether oxygens (including phenoxy) is 1. The molecule has 8 heteroatoms. The number of fused-ring (bicyclic) bond motifs is 1. The average Bonchev–Trinajstić information content (AvgIpc) is 2.86. The summed E-state index contributed by atoms with van der Waals surface area (Å²) in [6.07, 6.45) is 0. The molecule has 0 atom stereocenters. The van der Waals surface area contributed by atoms with Crippen molar-refractivity contribution >= 4 is 48.3 Å². The zero-order chi connectivity index (χ0) is 25.0. The van der Waals surface area contributed by atoms with E-state index < -0.39 is 15.9 Å². The molecule has 0 radical (unpaired) electrons. The molecule has 35 heavy (non-hydrogen) atoms. The van der Waals surface area contributed by atoms with Crippen molar-refractivity contribution in [2.45, 2.75) is 18.4 Å². The molecule has 180 valence electrons. The number of aryl methyl sites for hydroxylation is 1. The number of benzene rings is 4. The van der Waals surface area contributed by atoms with Crippen molar-refractivity contribution in [2.24, 2.45) is 0 Å². The van der Waals surface area contributed by atoms with Gasteiger partial charge in [-0.2, -0.15) is 0 Å². The Labute approximate surface area is 213 Å². The minimum atomic E-state index is -4.03. The molecule has 4 aromatic carbocycles. The predicted molar refractivity (Wildman–Crippen MR) is 142 cm³/mol. The third-order valence-corrected chi connectivity index (χ3v) is 8.01. The number of methoxy groups -OCH3 is 1. The molecule has 0 fully saturated rings. The summed E-state index contributed by atoms with van der Waals surface area (Å²) in [4.78, 5) is 13.0. The summed E-state index contributed by atoms with van der Waals surface area (Å²) in [6.45, 7) is 1.85. The van der Waals surface area contributed by atoms with E-state index in [1.165, 1.54) is 19.2 Å².